The number of imidazole rings is 1. The Bertz CT molecular complexity index is 2690. The van der Waals surface area contributed by atoms with Crippen LogP contribution >= 0.6 is 11.3 Å². The second-order valence-electron chi connectivity index (χ2n) is 19.5. The molecule has 2 saturated heterocycles. The minimum atomic E-state index is -0.826. The fraction of sp³-hybridized carbons (Fsp3) is 0.551. The van der Waals surface area contributed by atoms with E-state index in [9.17, 15) is 19.8 Å². The third kappa shape index (κ3) is 10.1. The number of hydrogen-bond acceptors (Lipinski definition) is 13. The third-order valence-corrected chi connectivity index (χ3v) is 15.9. The van der Waals surface area contributed by atoms with Crippen LogP contribution in [-0.2, 0) is 48.4 Å². The van der Waals surface area contributed by atoms with E-state index in [4.69, 9.17) is 0 Å². The van der Waals surface area contributed by atoms with Gasteiger partial charge in [-0.05, 0) is 95.9 Å². The smallest absolute Gasteiger partial charge is 0.239 e. The number of aryl methyl sites for hydroxylation is 6. The van der Waals surface area contributed by atoms with Crippen LogP contribution in [0.25, 0.3) is 21.8 Å². The molecule has 0 unspecified atom stereocenters. The van der Waals surface area contributed by atoms with Gasteiger partial charge in [0.1, 0.15) is 17.0 Å². The number of aromatic nitrogens is 7. The lowest BCUT2D eigenvalue weighted by atomic mass is 9.80. The Morgan fingerprint density at radius 1 is 0.716 bits per heavy atom. The highest BCUT2D eigenvalue weighted by molar-refractivity contribution is 7.11. The lowest BCUT2D eigenvalue weighted by Gasteiger charge is -2.48. The van der Waals surface area contributed by atoms with Gasteiger partial charge in [-0.25, -0.2) is 9.97 Å². The lowest BCUT2D eigenvalue weighted by Crippen LogP contribution is -2.63. The highest BCUT2D eigenvalue weighted by Gasteiger charge is 2.43. The van der Waals surface area contributed by atoms with Crippen LogP contribution in [0.4, 0.5) is 11.6 Å². The Morgan fingerprint density at radius 3 is 1.63 bits per heavy atom. The van der Waals surface area contributed by atoms with Gasteiger partial charge in [0, 0.05) is 88.8 Å². The molecule has 0 bridgehead atoms. The maximum atomic E-state index is 12.5. The predicted molar refractivity (Wildman–Crippen MR) is 262 cm³/mol. The molecule has 0 radical (unpaired) electrons. The molecule has 6 N–H and O–H groups in total. The van der Waals surface area contributed by atoms with E-state index < -0.39 is 11.2 Å². The molecule has 2 amide bonds. The van der Waals surface area contributed by atoms with E-state index in [2.05, 4.69) is 102 Å². The second kappa shape index (κ2) is 19.3. The molecule has 2 aliphatic carbocycles. The van der Waals surface area contributed by atoms with Crippen LogP contribution in [-0.4, -0.2) is 129 Å². The minimum absolute atomic E-state index is 0.00829. The monoisotopic (exact) mass is 934 g/mol. The Hall–Kier alpha value is -5.40. The van der Waals surface area contributed by atoms with E-state index in [0.717, 1.165) is 133 Å². The van der Waals surface area contributed by atoms with Gasteiger partial charge < -0.3 is 36.0 Å². The Morgan fingerprint density at radius 2 is 1.19 bits per heavy atom. The van der Waals surface area contributed by atoms with E-state index in [1.807, 2.05) is 53.5 Å². The van der Waals surface area contributed by atoms with Crippen molar-refractivity contribution in [1.29, 1.82) is 0 Å². The summed E-state index contributed by atoms with van der Waals surface area (Å²) >= 11 is 1.65. The summed E-state index contributed by atoms with van der Waals surface area (Å²) in [5.41, 5.74) is 2.87. The van der Waals surface area contributed by atoms with Crippen molar-refractivity contribution in [3.63, 3.8) is 0 Å². The standard InChI is InChI=1S/C25H34N6O2S.C24H33N7O2/c1-4-23-26-12-21(34-23)25(33)9-7-18(8-10-25)31-14-17(15-31)28-22(32)13-27-24-19-11-16(2)5-6-20(19)30(3)29-24;1-16-4-5-20-19(12-16)22(28-30(20)3)26-13-21(32)27-17-14-31(15-17)18-6-8-24(33,9-7-18)23-25-10-11-29(23)2/h5-6,11-12,17-18,33H,4,7-10,13-15H2,1-3H3,(H,27,29)(H,28,32);4-5,10-12,17-18,33H,6-9,13-15H2,1-3H3,(H,26,28)(H,27,32). The molecule has 0 atom stereocenters. The first-order valence-corrected chi connectivity index (χ1v) is 24.8. The quantitative estimate of drug-likeness (QED) is 0.0944. The SMILES string of the molecule is CCc1ncc(C2(O)CCC(N3CC(NC(=O)CNc4nn(C)c5ccc(C)cc45)C3)CC2)s1.Cc1ccc2c(c1)c(NCC(=O)NC1CN(C3CCC(O)(c4nccn4C)CC3)C1)nn2C. The number of amides is 2. The molecule has 4 aromatic heterocycles. The Balaban J connectivity index is 0.000000168. The number of thiazole rings is 1. The van der Waals surface area contributed by atoms with Crippen LogP contribution in [0.3, 0.4) is 0 Å². The third-order valence-electron chi connectivity index (χ3n) is 14.5. The average molecular weight is 934 g/mol. The average Bonchev–Trinajstić information content (AvgIpc) is 4.09. The number of anilines is 2. The van der Waals surface area contributed by atoms with Crippen LogP contribution in [0.2, 0.25) is 0 Å². The first-order valence-electron chi connectivity index (χ1n) is 24.0. The molecule has 6 heterocycles. The molecule has 2 aromatic carbocycles. The van der Waals surface area contributed by atoms with Crippen LogP contribution < -0.4 is 21.3 Å². The number of nitrogens with zero attached hydrogens (tertiary/aromatic N) is 9. The van der Waals surface area contributed by atoms with E-state index in [0.29, 0.717) is 12.1 Å². The normalized spacial score (nSPS) is 23.9. The van der Waals surface area contributed by atoms with Crippen LogP contribution in [0.5, 0.6) is 0 Å². The summed E-state index contributed by atoms with van der Waals surface area (Å²) in [6, 6.07) is 13.7. The molecular weight excluding hydrogens is 867 g/mol. The summed E-state index contributed by atoms with van der Waals surface area (Å²) in [5.74, 6) is 2.22. The van der Waals surface area contributed by atoms with Crippen molar-refractivity contribution in [3.8, 4) is 0 Å². The number of carbonyl (C=O) groups excluding carboxylic acids is 2. The van der Waals surface area contributed by atoms with E-state index >= 15 is 0 Å². The van der Waals surface area contributed by atoms with Crippen LogP contribution in [0.15, 0.2) is 55.0 Å². The first kappa shape index (κ1) is 46.7. The Labute approximate surface area is 396 Å². The molecule has 10 rings (SSSR count). The number of nitrogens with one attached hydrogen (secondary N) is 4. The fourth-order valence-corrected chi connectivity index (χ4v) is 11.6. The van der Waals surface area contributed by atoms with E-state index in [1.54, 1.807) is 17.5 Å². The maximum Gasteiger partial charge on any atom is 0.239 e. The number of likely N-dealkylation sites (tertiary alicyclic amines) is 2. The topological polar surface area (TPSA) is 196 Å². The summed E-state index contributed by atoms with van der Waals surface area (Å²) in [4.78, 5) is 39.7. The maximum absolute atomic E-state index is 12.5. The van der Waals surface area contributed by atoms with Crippen LogP contribution in [0, 0.1) is 13.8 Å². The van der Waals surface area contributed by atoms with Crippen molar-refractivity contribution in [1.82, 2.24) is 54.5 Å². The second-order valence-corrected chi connectivity index (χ2v) is 20.6. The summed E-state index contributed by atoms with van der Waals surface area (Å²) in [6.45, 7) is 10.1. The van der Waals surface area contributed by atoms with Crippen molar-refractivity contribution >= 4 is 56.6 Å². The molecular formula is C49H67N13O4S. The van der Waals surface area contributed by atoms with Crippen molar-refractivity contribution < 1.29 is 19.8 Å². The minimum Gasteiger partial charge on any atom is -0.384 e. The van der Waals surface area contributed by atoms with Gasteiger partial charge in [-0.3, -0.25) is 28.8 Å². The number of carbonyl (C=O) groups is 2. The van der Waals surface area contributed by atoms with Crippen LogP contribution in [0.1, 0.15) is 85.1 Å². The van der Waals surface area contributed by atoms with Gasteiger partial charge in [0.2, 0.25) is 11.8 Å². The van der Waals surface area contributed by atoms with Gasteiger partial charge in [0.25, 0.3) is 0 Å². The molecule has 6 aromatic rings. The van der Waals surface area contributed by atoms with Gasteiger partial charge in [-0.1, -0.05) is 30.2 Å². The molecule has 0 spiro atoms. The molecule has 18 heteroatoms. The van der Waals surface area contributed by atoms with E-state index in [-0.39, 0.29) is 37.0 Å². The molecule has 2 aliphatic heterocycles. The highest BCUT2D eigenvalue weighted by Crippen LogP contribution is 2.42. The molecule has 67 heavy (non-hydrogen) atoms. The molecule has 4 aliphatic rings. The van der Waals surface area contributed by atoms with Gasteiger partial charge >= 0.3 is 0 Å². The number of hydrogen-bond donors (Lipinski definition) is 6. The zero-order valence-corrected chi connectivity index (χ0v) is 40.6. The first-order chi connectivity index (χ1) is 32.2. The summed E-state index contributed by atoms with van der Waals surface area (Å²) in [6.07, 6.45) is 13.2. The number of rotatable bonds is 13. The van der Waals surface area contributed by atoms with Crippen molar-refractivity contribution in [3.05, 3.63) is 81.8 Å². The van der Waals surface area contributed by atoms with Crippen molar-refractivity contribution in [2.45, 2.75) is 114 Å². The lowest BCUT2D eigenvalue weighted by molar-refractivity contribution is -0.122. The van der Waals surface area contributed by atoms with E-state index in [1.165, 1.54) is 11.1 Å². The fourth-order valence-electron chi connectivity index (χ4n) is 10.6. The van der Waals surface area contributed by atoms with Crippen molar-refractivity contribution in [2.75, 3.05) is 49.9 Å². The van der Waals surface area contributed by atoms with Gasteiger partial charge in [-0.2, -0.15) is 10.2 Å². The molecule has 17 nitrogen and oxygen atoms in total. The number of fused-ring (bicyclic) bond motifs is 2. The summed E-state index contributed by atoms with van der Waals surface area (Å²) < 4.78 is 5.58. The van der Waals surface area contributed by atoms with Crippen molar-refractivity contribution in [2.24, 2.45) is 21.1 Å². The Kier molecular flexibility index (Phi) is 13.5. The van der Waals surface area contributed by atoms with Gasteiger partial charge in [0.15, 0.2) is 11.6 Å². The molecule has 2 saturated carbocycles. The molecule has 4 fully saturated rings. The summed E-state index contributed by atoms with van der Waals surface area (Å²) in [7, 11) is 5.76. The zero-order valence-electron chi connectivity index (χ0n) is 39.8. The van der Waals surface area contributed by atoms with Gasteiger partial charge in [-0.15, -0.1) is 11.3 Å². The molecule has 358 valence electrons. The summed E-state index contributed by atoms with van der Waals surface area (Å²) in [5, 5.41) is 47.0. The number of benzene rings is 2. The largest absolute Gasteiger partial charge is 0.384 e. The zero-order chi connectivity index (χ0) is 47.0. The number of aliphatic hydroxyl groups is 2. The van der Waals surface area contributed by atoms with Gasteiger partial charge in [0.05, 0.1) is 46.1 Å². The predicted octanol–water partition coefficient (Wildman–Crippen LogP) is 4.60. The highest BCUT2D eigenvalue weighted by atomic mass is 32.1.